The van der Waals surface area contributed by atoms with Crippen LogP contribution in [0.5, 0.6) is 11.5 Å². The fourth-order valence-corrected chi connectivity index (χ4v) is 4.91. The third-order valence-corrected chi connectivity index (χ3v) is 6.76. The van der Waals surface area contributed by atoms with E-state index < -0.39 is 6.10 Å². The van der Waals surface area contributed by atoms with Gasteiger partial charge in [0.1, 0.15) is 23.7 Å². The van der Waals surface area contributed by atoms with E-state index in [2.05, 4.69) is 20.9 Å². The number of fused-ring (bicyclic) bond motifs is 3. The molecule has 3 amide bonds. The number of aromatic nitrogens is 1. The number of amides is 3. The fourth-order valence-electron chi connectivity index (χ4n) is 4.91. The van der Waals surface area contributed by atoms with Crippen LogP contribution in [0, 0.1) is 0 Å². The lowest BCUT2D eigenvalue weighted by Gasteiger charge is -2.37. The van der Waals surface area contributed by atoms with Crippen LogP contribution in [0.25, 0.3) is 0 Å². The monoisotopic (exact) mass is 518 g/mol. The molecule has 1 saturated heterocycles. The van der Waals surface area contributed by atoms with E-state index in [4.69, 9.17) is 14.2 Å². The first-order valence-electron chi connectivity index (χ1n) is 12.5. The van der Waals surface area contributed by atoms with Gasteiger partial charge in [-0.25, -0.2) is 4.79 Å². The molecule has 2 aromatic carbocycles. The Labute approximate surface area is 220 Å². The first-order chi connectivity index (χ1) is 18.5. The highest BCUT2D eigenvalue weighted by molar-refractivity contribution is 5.99. The van der Waals surface area contributed by atoms with Gasteiger partial charge in [0.15, 0.2) is 0 Å². The normalized spacial score (nSPS) is 21.4. The zero-order chi connectivity index (χ0) is 26.5. The number of urea groups is 1. The second kappa shape index (κ2) is 11.5. The average Bonchev–Trinajstić information content (AvgIpc) is 3.30. The Bertz CT molecular complexity index is 1270. The molecule has 4 atom stereocenters. The van der Waals surface area contributed by atoms with Crippen LogP contribution in [-0.2, 0) is 16.1 Å². The molecular formula is C28H30N4O6. The maximum atomic E-state index is 12.6. The third-order valence-electron chi connectivity index (χ3n) is 6.76. The molecule has 0 spiro atoms. The van der Waals surface area contributed by atoms with Gasteiger partial charge in [0.05, 0.1) is 26.2 Å². The van der Waals surface area contributed by atoms with Crippen molar-refractivity contribution >= 4 is 23.3 Å². The Kier molecular flexibility index (Phi) is 7.71. The first kappa shape index (κ1) is 25.5. The van der Waals surface area contributed by atoms with E-state index in [0.717, 1.165) is 11.1 Å². The summed E-state index contributed by atoms with van der Waals surface area (Å²) in [5.74, 6) is 1.17. The minimum atomic E-state index is -0.561. The van der Waals surface area contributed by atoms with Crippen molar-refractivity contribution in [2.45, 2.75) is 43.6 Å². The number of pyridine rings is 1. The fraction of sp³-hybridized carbons (Fsp3) is 0.321. The van der Waals surface area contributed by atoms with E-state index in [1.807, 2.05) is 24.3 Å². The average molecular weight is 519 g/mol. The molecule has 3 aromatic rings. The highest BCUT2D eigenvalue weighted by atomic mass is 16.6. The van der Waals surface area contributed by atoms with Crippen LogP contribution in [0.3, 0.4) is 0 Å². The van der Waals surface area contributed by atoms with Gasteiger partial charge in [0.25, 0.3) is 0 Å². The summed E-state index contributed by atoms with van der Waals surface area (Å²) >= 11 is 0. The smallest absolute Gasteiger partial charge is 0.323 e. The molecule has 198 valence electrons. The second-order valence-corrected chi connectivity index (χ2v) is 9.30. The van der Waals surface area contributed by atoms with Crippen LogP contribution in [0.4, 0.5) is 16.2 Å². The lowest BCUT2D eigenvalue weighted by Crippen LogP contribution is -2.47. The number of nitrogens with one attached hydrogen (secondary N) is 3. The Morgan fingerprint density at radius 1 is 1.05 bits per heavy atom. The van der Waals surface area contributed by atoms with E-state index in [9.17, 15) is 14.7 Å². The summed E-state index contributed by atoms with van der Waals surface area (Å²) < 4.78 is 17.3. The van der Waals surface area contributed by atoms with E-state index >= 15 is 0 Å². The Balaban J connectivity index is 1.22. The molecular weight excluding hydrogens is 488 g/mol. The molecule has 2 aliphatic heterocycles. The van der Waals surface area contributed by atoms with Crippen molar-refractivity contribution in [3.05, 3.63) is 78.1 Å². The van der Waals surface area contributed by atoms with Gasteiger partial charge in [0, 0.05) is 41.8 Å². The molecule has 0 saturated carbocycles. The number of rotatable bonds is 8. The predicted molar refractivity (Wildman–Crippen MR) is 140 cm³/mol. The van der Waals surface area contributed by atoms with Crippen molar-refractivity contribution in [2.24, 2.45) is 0 Å². The molecule has 0 bridgehead atoms. The van der Waals surface area contributed by atoms with Crippen molar-refractivity contribution in [1.29, 1.82) is 0 Å². The van der Waals surface area contributed by atoms with Crippen molar-refractivity contribution in [1.82, 2.24) is 10.3 Å². The van der Waals surface area contributed by atoms with Crippen LogP contribution < -0.4 is 25.4 Å². The van der Waals surface area contributed by atoms with Gasteiger partial charge in [-0.05, 0) is 66.6 Å². The summed E-state index contributed by atoms with van der Waals surface area (Å²) in [7, 11) is 1.58. The summed E-state index contributed by atoms with van der Waals surface area (Å²) in [6, 6.07) is 15.8. The summed E-state index contributed by atoms with van der Waals surface area (Å²) in [6.07, 6.45) is 2.78. The summed E-state index contributed by atoms with van der Waals surface area (Å²) in [4.78, 5) is 29.2. The van der Waals surface area contributed by atoms with Crippen LogP contribution in [0.15, 0.2) is 67.0 Å². The van der Waals surface area contributed by atoms with Crippen molar-refractivity contribution in [3.63, 3.8) is 0 Å². The van der Waals surface area contributed by atoms with E-state index in [1.54, 1.807) is 49.8 Å². The standard InChI is InChI=1S/C28H30N4O6/c1-36-20-5-2-18(3-6-20)31-28(35)32-19-4-7-24-22(12-19)23-13-21(37-25(16-33)27(23)38-24)14-26(34)30-15-17-8-10-29-11-9-17/h2-12,21,23,25,27,33H,13-16H2,1H3,(H,30,34)(H2,31,32,35)/t21-,23-,25-,27+/m1/s1. The zero-order valence-electron chi connectivity index (χ0n) is 20.9. The largest absolute Gasteiger partial charge is 0.497 e. The molecule has 5 rings (SSSR count). The zero-order valence-corrected chi connectivity index (χ0v) is 20.9. The summed E-state index contributed by atoms with van der Waals surface area (Å²) in [6.45, 7) is 0.183. The van der Waals surface area contributed by atoms with Crippen molar-refractivity contribution in [2.75, 3.05) is 24.4 Å². The van der Waals surface area contributed by atoms with E-state index in [0.29, 0.717) is 35.8 Å². The highest BCUT2D eigenvalue weighted by Crippen LogP contribution is 2.47. The third kappa shape index (κ3) is 5.87. The number of nitrogens with zero attached hydrogens (tertiary/aromatic N) is 1. The molecule has 0 aliphatic carbocycles. The van der Waals surface area contributed by atoms with Crippen LogP contribution in [0.1, 0.15) is 29.9 Å². The number of ether oxygens (including phenoxy) is 3. The Morgan fingerprint density at radius 3 is 2.53 bits per heavy atom. The quantitative estimate of drug-likeness (QED) is 0.359. The molecule has 0 radical (unpaired) electrons. The van der Waals surface area contributed by atoms with Gasteiger partial charge in [-0.3, -0.25) is 9.78 Å². The number of carbonyl (C=O) groups excluding carboxylic acids is 2. The molecule has 1 aromatic heterocycles. The van der Waals surface area contributed by atoms with Gasteiger partial charge in [-0.15, -0.1) is 0 Å². The number of hydrogen-bond acceptors (Lipinski definition) is 7. The van der Waals surface area contributed by atoms with Crippen LogP contribution in [-0.4, -0.2) is 54.1 Å². The van der Waals surface area contributed by atoms with Crippen LogP contribution >= 0.6 is 0 Å². The van der Waals surface area contributed by atoms with Gasteiger partial charge < -0.3 is 35.3 Å². The van der Waals surface area contributed by atoms with Gasteiger partial charge in [0.2, 0.25) is 5.91 Å². The number of anilines is 2. The first-order valence-corrected chi connectivity index (χ1v) is 12.5. The molecule has 3 heterocycles. The lowest BCUT2D eigenvalue weighted by atomic mass is 9.84. The minimum Gasteiger partial charge on any atom is -0.497 e. The van der Waals surface area contributed by atoms with Crippen LogP contribution in [0.2, 0.25) is 0 Å². The Morgan fingerprint density at radius 2 is 1.79 bits per heavy atom. The summed E-state index contributed by atoms with van der Waals surface area (Å²) in [5.41, 5.74) is 3.12. The van der Waals surface area contributed by atoms with Crippen molar-refractivity contribution < 1.29 is 28.9 Å². The van der Waals surface area contributed by atoms with E-state index in [-0.39, 0.29) is 43.1 Å². The van der Waals surface area contributed by atoms with Crippen molar-refractivity contribution in [3.8, 4) is 11.5 Å². The van der Waals surface area contributed by atoms with E-state index in [1.165, 1.54) is 0 Å². The molecule has 10 heteroatoms. The number of aliphatic hydroxyl groups is 1. The lowest BCUT2D eigenvalue weighted by molar-refractivity contribution is -0.142. The Hall–Kier alpha value is -4.15. The number of carbonyl (C=O) groups is 2. The number of methoxy groups -OCH3 is 1. The number of aliphatic hydroxyl groups excluding tert-OH is 1. The topological polar surface area (TPSA) is 131 Å². The highest BCUT2D eigenvalue weighted by Gasteiger charge is 2.46. The molecule has 10 nitrogen and oxygen atoms in total. The summed E-state index contributed by atoms with van der Waals surface area (Å²) in [5, 5.41) is 18.6. The number of hydrogen-bond donors (Lipinski definition) is 4. The molecule has 38 heavy (non-hydrogen) atoms. The molecule has 1 fully saturated rings. The van der Waals surface area contributed by atoms with Gasteiger partial charge in [-0.1, -0.05) is 0 Å². The maximum Gasteiger partial charge on any atom is 0.323 e. The molecule has 4 N–H and O–H groups in total. The second-order valence-electron chi connectivity index (χ2n) is 9.30. The molecule has 0 unspecified atom stereocenters. The number of benzene rings is 2. The predicted octanol–water partition coefficient (Wildman–Crippen LogP) is 3.44. The maximum absolute atomic E-state index is 12.6. The minimum absolute atomic E-state index is 0.0831. The molecule has 2 aliphatic rings. The SMILES string of the molecule is COc1ccc(NC(=O)Nc2ccc3c(c2)[C@H]2C[C@H](CC(=O)NCc4ccncc4)O[C@H](CO)[C@H]2O3)cc1. The van der Waals surface area contributed by atoms with Gasteiger partial charge >= 0.3 is 6.03 Å². The van der Waals surface area contributed by atoms with Gasteiger partial charge in [-0.2, -0.15) is 0 Å².